The number of nitrogens with one attached hydrogen (secondary N) is 1. The molecule has 2 aromatic carbocycles. The van der Waals surface area contributed by atoms with Gasteiger partial charge in [-0.25, -0.2) is 4.79 Å². The van der Waals surface area contributed by atoms with Crippen molar-refractivity contribution in [3.63, 3.8) is 0 Å². The van der Waals surface area contributed by atoms with Gasteiger partial charge < -0.3 is 19.3 Å². The van der Waals surface area contributed by atoms with Gasteiger partial charge in [-0.3, -0.25) is 4.90 Å². The lowest BCUT2D eigenvalue weighted by Gasteiger charge is -2.35. The number of allylic oxidation sites excluding steroid dienone is 1. The Labute approximate surface area is 212 Å². The normalized spacial score (nSPS) is 15.8. The van der Waals surface area contributed by atoms with E-state index in [1.54, 1.807) is 4.90 Å². The standard InChI is InChI=1S/C28H34N4O4/c1-5-20-9-11-21(12-10-20)25-24(19(4)32(28(33)29-25)17-8-18-34-6-2)27-30-26(31-36-27)22-13-15-23(16-14-22)35-7-3/h9-16,25H,5-8,17-18H2,1-4H3,(H,29,33). The molecule has 190 valence electrons. The van der Waals surface area contributed by atoms with Crippen molar-refractivity contribution < 1.29 is 18.8 Å². The average molecular weight is 491 g/mol. The van der Waals surface area contributed by atoms with E-state index in [1.165, 1.54) is 5.56 Å². The summed E-state index contributed by atoms with van der Waals surface area (Å²) in [5, 5.41) is 7.40. The summed E-state index contributed by atoms with van der Waals surface area (Å²) in [5.41, 5.74) is 4.60. The number of benzene rings is 2. The van der Waals surface area contributed by atoms with Crippen LogP contribution in [-0.2, 0) is 11.2 Å². The highest BCUT2D eigenvalue weighted by Crippen LogP contribution is 2.37. The third kappa shape index (κ3) is 5.60. The summed E-state index contributed by atoms with van der Waals surface area (Å²) in [6.07, 6.45) is 1.67. The number of urea groups is 1. The zero-order valence-corrected chi connectivity index (χ0v) is 21.4. The van der Waals surface area contributed by atoms with Crippen molar-refractivity contribution in [3.8, 4) is 17.1 Å². The second kappa shape index (κ2) is 11.9. The fourth-order valence-corrected chi connectivity index (χ4v) is 4.31. The highest BCUT2D eigenvalue weighted by molar-refractivity contribution is 5.86. The molecule has 1 aromatic heterocycles. The Morgan fingerprint density at radius 1 is 1.03 bits per heavy atom. The van der Waals surface area contributed by atoms with Crippen LogP contribution in [0.25, 0.3) is 17.0 Å². The van der Waals surface area contributed by atoms with Crippen LogP contribution in [-0.4, -0.2) is 47.4 Å². The average Bonchev–Trinajstić information content (AvgIpc) is 3.38. The summed E-state index contributed by atoms with van der Waals surface area (Å²) in [5.74, 6) is 1.65. The molecule has 0 spiro atoms. The smallest absolute Gasteiger partial charge is 0.322 e. The number of amides is 2. The first kappa shape index (κ1) is 25.4. The van der Waals surface area contributed by atoms with Crippen LogP contribution >= 0.6 is 0 Å². The quantitative estimate of drug-likeness (QED) is 0.351. The van der Waals surface area contributed by atoms with E-state index >= 15 is 0 Å². The number of ether oxygens (including phenoxy) is 2. The first-order chi connectivity index (χ1) is 17.5. The first-order valence-electron chi connectivity index (χ1n) is 12.6. The number of hydrogen-bond acceptors (Lipinski definition) is 6. The lowest BCUT2D eigenvalue weighted by Crippen LogP contribution is -2.46. The van der Waals surface area contributed by atoms with Crippen molar-refractivity contribution in [2.24, 2.45) is 0 Å². The molecule has 36 heavy (non-hydrogen) atoms. The second-order valence-corrected chi connectivity index (χ2v) is 8.56. The Morgan fingerprint density at radius 2 is 1.78 bits per heavy atom. The zero-order chi connectivity index (χ0) is 25.5. The molecule has 0 aliphatic carbocycles. The number of aryl methyl sites for hydroxylation is 1. The van der Waals surface area contributed by atoms with Crippen LogP contribution in [0.15, 0.2) is 58.8 Å². The molecule has 0 saturated heterocycles. The molecule has 1 N–H and O–H groups in total. The van der Waals surface area contributed by atoms with Crippen LogP contribution in [0.4, 0.5) is 4.79 Å². The van der Waals surface area contributed by atoms with Gasteiger partial charge in [-0.05, 0) is 69.0 Å². The number of carbonyl (C=O) groups is 1. The largest absolute Gasteiger partial charge is 0.494 e. The predicted molar refractivity (Wildman–Crippen MR) is 138 cm³/mol. The lowest BCUT2D eigenvalue weighted by molar-refractivity contribution is 0.136. The molecule has 0 radical (unpaired) electrons. The minimum Gasteiger partial charge on any atom is -0.494 e. The van der Waals surface area contributed by atoms with Crippen molar-refractivity contribution in [1.82, 2.24) is 20.4 Å². The third-order valence-corrected chi connectivity index (χ3v) is 6.27. The second-order valence-electron chi connectivity index (χ2n) is 8.56. The molecule has 0 saturated carbocycles. The molecule has 2 heterocycles. The van der Waals surface area contributed by atoms with Crippen LogP contribution in [0.1, 0.15) is 57.2 Å². The van der Waals surface area contributed by atoms with Gasteiger partial charge in [-0.2, -0.15) is 4.98 Å². The number of rotatable bonds is 11. The number of hydrogen-bond donors (Lipinski definition) is 1. The summed E-state index contributed by atoms with van der Waals surface area (Å²) in [6, 6.07) is 15.3. The summed E-state index contributed by atoms with van der Waals surface area (Å²) < 4.78 is 16.8. The lowest BCUT2D eigenvalue weighted by atomic mass is 9.93. The molecule has 4 rings (SSSR count). The van der Waals surface area contributed by atoms with Gasteiger partial charge in [-0.1, -0.05) is 36.3 Å². The van der Waals surface area contributed by atoms with Crippen LogP contribution < -0.4 is 10.1 Å². The highest BCUT2D eigenvalue weighted by Gasteiger charge is 2.35. The molecule has 3 aromatic rings. The van der Waals surface area contributed by atoms with Gasteiger partial charge in [0.05, 0.1) is 18.2 Å². The fraction of sp³-hybridized carbons (Fsp3) is 0.393. The maximum atomic E-state index is 13.1. The Hall–Kier alpha value is -3.65. The van der Waals surface area contributed by atoms with E-state index in [2.05, 4.69) is 29.5 Å². The van der Waals surface area contributed by atoms with Gasteiger partial charge >= 0.3 is 6.03 Å². The van der Waals surface area contributed by atoms with Gasteiger partial charge in [-0.15, -0.1) is 0 Å². The zero-order valence-electron chi connectivity index (χ0n) is 21.4. The van der Waals surface area contributed by atoms with Gasteiger partial charge in [0.2, 0.25) is 5.82 Å². The van der Waals surface area contributed by atoms with E-state index in [9.17, 15) is 4.79 Å². The molecular formula is C28H34N4O4. The SMILES string of the molecule is CCOCCCN1C(=O)NC(c2ccc(CC)cc2)C(c2nc(-c3ccc(OCC)cc3)no2)=C1C. The highest BCUT2D eigenvalue weighted by atomic mass is 16.5. The number of carbonyl (C=O) groups excluding carboxylic acids is 1. The van der Waals surface area contributed by atoms with E-state index in [-0.39, 0.29) is 6.03 Å². The fourth-order valence-electron chi connectivity index (χ4n) is 4.31. The molecule has 1 aliphatic heterocycles. The molecule has 8 heteroatoms. The minimum absolute atomic E-state index is 0.149. The molecule has 1 aliphatic rings. The summed E-state index contributed by atoms with van der Waals surface area (Å²) >= 11 is 0. The van der Waals surface area contributed by atoms with E-state index in [0.717, 1.165) is 41.0 Å². The topological polar surface area (TPSA) is 89.7 Å². The van der Waals surface area contributed by atoms with Crippen molar-refractivity contribution in [2.75, 3.05) is 26.4 Å². The molecule has 0 bridgehead atoms. The summed E-state index contributed by atoms with van der Waals surface area (Å²) in [6.45, 7) is 10.3. The Bertz CT molecular complexity index is 1190. The molecule has 8 nitrogen and oxygen atoms in total. The van der Waals surface area contributed by atoms with Gasteiger partial charge in [0, 0.05) is 31.0 Å². The summed E-state index contributed by atoms with van der Waals surface area (Å²) in [4.78, 5) is 19.6. The van der Waals surface area contributed by atoms with Crippen molar-refractivity contribution in [3.05, 3.63) is 71.2 Å². The van der Waals surface area contributed by atoms with Gasteiger partial charge in [0.25, 0.3) is 5.89 Å². The van der Waals surface area contributed by atoms with Crippen LogP contribution in [0.3, 0.4) is 0 Å². The van der Waals surface area contributed by atoms with E-state index in [4.69, 9.17) is 19.0 Å². The van der Waals surface area contributed by atoms with Gasteiger partial charge in [0.1, 0.15) is 5.75 Å². The molecule has 2 amide bonds. The third-order valence-electron chi connectivity index (χ3n) is 6.27. The molecule has 1 atom stereocenters. The first-order valence-corrected chi connectivity index (χ1v) is 12.6. The Morgan fingerprint density at radius 3 is 2.44 bits per heavy atom. The maximum absolute atomic E-state index is 13.1. The van der Waals surface area contributed by atoms with Crippen molar-refractivity contribution in [2.45, 2.75) is 46.6 Å². The number of nitrogens with zero attached hydrogens (tertiary/aromatic N) is 3. The Balaban J connectivity index is 1.69. The monoisotopic (exact) mass is 490 g/mol. The number of aromatic nitrogens is 2. The van der Waals surface area contributed by atoms with Crippen molar-refractivity contribution >= 4 is 11.6 Å². The van der Waals surface area contributed by atoms with Crippen molar-refractivity contribution in [1.29, 1.82) is 0 Å². The molecule has 1 unspecified atom stereocenters. The van der Waals surface area contributed by atoms with Crippen LogP contribution in [0.2, 0.25) is 0 Å². The van der Waals surface area contributed by atoms with E-state index in [0.29, 0.717) is 38.1 Å². The maximum Gasteiger partial charge on any atom is 0.322 e. The van der Waals surface area contributed by atoms with Crippen LogP contribution in [0, 0.1) is 0 Å². The molecule has 0 fully saturated rings. The minimum atomic E-state index is -0.403. The molecular weight excluding hydrogens is 456 g/mol. The summed E-state index contributed by atoms with van der Waals surface area (Å²) in [7, 11) is 0. The van der Waals surface area contributed by atoms with Crippen LogP contribution in [0.5, 0.6) is 5.75 Å². The van der Waals surface area contributed by atoms with E-state index in [1.807, 2.05) is 57.2 Å². The van der Waals surface area contributed by atoms with Gasteiger partial charge in [0.15, 0.2) is 0 Å². The predicted octanol–water partition coefficient (Wildman–Crippen LogP) is 5.62. The Kier molecular flexibility index (Phi) is 8.38. The van der Waals surface area contributed by atoms with E-state index < -0.39 is 6.04 Å².